The topological polar surface area (TPSA) is 53.2 Å². The van der Waals surface area contributed by atoms with Crippen LogP contribution < -0.4 is 16.0 Å². The van der Waals surface area contributed by atoms with E-state index in [9.17, 15) is 9.18 Å². The van der Waals surface area contributed by atoms with E-state index in [2.05, 4.69) is 16.0 Å². The van der Waals surface area contributed by atoms with E-state index in [1.807, 2.05) is 32.2 Å². The van der Waals surface area contributed by atoms with E-state index in [-0.39, 0.29) is 11.7 Å². The lowest BCUT2D eigenvalue weighted by molar-refractivity contribution is -0.116. The zero-order valence-electron chi connectivity index (χ0n) is 13.4. The Labute approximate surface area is 136 Å². The molecule has 0 saturated carbocycles. The lowest BCUT2D eigenvalue weighted by Gasteiger charge is -2.14. The van der Waals surface area contributed by atoms with Gasteiger partial charge in [0.1, 0.15) is 5.82 Å². The smallest absolute Gasteiger partial charge is 0.224 e. The van der Waals surface area contributed by atoms with Gasteiger partial charge in [0.2, 0.25) is 5.91 Å². The molecule has 23 heavy (non-hydrogen) atoms. The minimum atomic E-state index is -0.238. The lowest BCUT2D eigenvalue weighted by atomic mass is 10.2. The molecule has 0 spiro atoms. The summed E-state index contributed by atoms with van der Waals surface area (Å²) in [6, 6.07) is 12.1. The summed E-state index contributed by atoms with van der Waals surface area (Å²) in [6.07, 6.45) is 1.33. The first-order valence-corrected chi connectivity index (χ1v) is 7.72. The van der Waals surface area contributed by atoms with Gasteiger partial charge >= 0.3 is 0 Å². The first-order chi connectivity index (χ1) is 11.1. The van der Waals surface area contributed by atoms with Crippen molar-refractivity contribution in [1.29, 1.82) is 0 Å². The van der Waals surface area contributed by atoms with Crippen LogP contribution in [0.2, 0.25) is 0 Å². The average molecular weight is 315 g/mol. The molecule has 122 valence electrons. The first kappa shape index (κ1) is 16.8. The zero-order chi connectivity index (χ0) is 16.7. The molecule has 0 saturated heterocycles. The Balaban J connectivity index is 2.03. The summed E-state index contributed by atoms with van der Waals surface area (Å²) in [5.74, 6) is -0.227. The zero-order valence-corrected chi connectivity index (χ0v) is 13.4. The van der Waals surface area contributed by atoms with Crippen molar-refractivity contribution in [3.63, 3.8) is 0 Å². The normalized spacial score (nSPS) is 10.2. The molecule has 0 aromatic heterocycles. The highest BCUT2D eigenvalue weighted by Gasteiger charge is 2.06. The first-order valence-electron chi connectivity index (χ1n) is 7.72. The van der Waals surface area contributed by atoms with Crippen molar-refractivity contribution in [2.45, 2.75) is 26.3 Å². The van der Waals surface area contributed by atoms with Gasteiger partial charge in [0.05, 0.1) is 11.4 Å². The Morgan fingerprint density at radius 1 is 1.09 bits per heavy atom. The van der Waals surface area contributed by atoms with Crippen LogP contribution >= 0.6 is 0 Å². The van der Waals surface area contributed by atoms with E-state index in [4.69, 9.17) is 0 Å². The minimum Gasteiger partial charge on any atom is -0.386 e. The van der Waals surface area contributed by atoms with Gasteiger partial charge < -0.3 is 16.0 Å². The Bertz CT molecular complexity index is 656. The molecule has 0 aliphatic heterocycles. The maximum absolute atomic E-state index is 12.9. The molecule has 5 heteroatoms. The fourth-order valence-electron chi connectivity index (χ4n) is 2.22. The number of nitrogens with one attached hydrogen (secondary N) is 3. The van der Waals surface area contributed by atoms with Gasteiger partial charge in [0.25, 0.3) is 0 Å². The molecular formula is C18H22FN3O. The van der Waals surface area contributed by atoms with E-state index in [1.54, 1.807) is 12.1 Å². The fourth-order valence-corrected chi connectivity index (χ4v) is 2.22. The number of rotatable bonds is 7. The van der Waals surface area contributed by atoms with Gasteiger partial charge in [-0.1, -0.05) is 19.1 Å². The standard InChI is InChI=1S/C18H22FN3O/c1-3-4-18(23)22-16-10-9-15(11-17(16)20-2)21-12-13-5-7-14(19)8-6-13/h5-11,20-21H,3-4,12H2,1-2H3,(H,22,23). The van der Waals surface area contributed by atoms with Crippen LogP contribution in [0.4, 0.5) is 21.5 Å². The van der Waals surface area contributed by atoms with Crippen molar-refractivity contribution in [2.75, 3.05) is 23.0 Å². The molecule has 0 fully saturated rings. The van der Waals surface area contributed by atoms with Gasteiger partial charge in [0.15, 0.2) is 0 Å². The summed E-state index contributed by atoms with van der Waals surface area (Å²) in [5.41, 5.74) is 3.53. The number of amides is 1. The molecule has 0 aliphatic carbocycles. The molecule has 1 amide bonds. The van der Waals surface area contributed by atoms with Gasteiger partial charge in [-0.15, -0.1) is 0 Å². The number of benzene rings is 2. The van der Waals surface area contributed by atoms with Crippen LogP contribution in [0.3, 0.4) is 0 Å². The lowest BCUT2D eigenvalue weighted by Crippen LogP contribution is -2.12. The number of carbonyl (C=O) groups is 1. The Morgan fingerprint density at radius 3 is 2.48 bits per heavy atom. The van der Waals surface area contributed by atoms with Crippen molar-refractivity contribution in [1.82, 2.24) is 0 Å². The Kier molecular flexibility index (Phi) is 5.97. The summed E-state index contributed by atoms with van der Waals surface area (Å²) in [6.45, 7) is 2.58. The maximum Gasteiger partial charge on any atom is 0.224 e. The quantitative estimate of drug-likeness (QED) is 0.717. The highest BCUT2D eigenvalue weighted by atomic mass is 19.1. The molecule has 0 bridgehead atoms. The van der Waals surface area contributed by atoms with Crippen molar-refractivity contribution in [3.05, 3.63) is 53.8 Å². The third kappa shape index (κ3) is 4.98. The van der Waals surface area contributed by atoms with E-state index >= 15 is 0 Å². The van der Waals surface area contributed by atoms with Crippen molar-refractivity contribution < 1.29 is 9.18 Å². The molecule has 0 radical (unpaired) electrons. The van der Waals surface area contributed by atoms with Crippen LogP contribution in [0.5, 0.6) is 0 Å². The summed E-state index contributed by atoms with van der Waals surface area (Å²) < 4.78 is 12.9. The largest absolute Gasteiger partial charge is 0.386 e. The van der Waals surface area contributed by atoms with Gasteiger partial charge in [-0.25, -0.2) is 4.39 Å². The molecule has 2 aromatic rings. The predicted octanol–water partition coefficient (Wildman–Crippen LogP) is 4.22. The monoisotopic (exact) mass is 315 g/mol. The van der Waals surface area contributed by atoms with Crippen LogP contribution in [0.1, 0.15) is 25.3 Å². The number of carbonyl (C=O) groups excluding carboxylic acids is 1. The van der Waals surface area contributed by atoms with Crippen LogP contribution in [-0.2, 0) is 11.3 Å². The average Bonchev–Trinajstić information content (AvgIpc) is 2.55. The summed E-state index contributed by atoms with van der Waals surface area (Å²) >= 11 is 0. The molecule has 3 N–H and O–H groups in total. The van der Waals surface area contributed by atoms with Gasteiger partial charge in [0, 0.05) is 25.7 Å². The Morgan fingerprint density at radius 2 is 1.83 bits per heavy atom. The predicted molar refractivity (Wildman–Crippen MR) is 93.3 cm³/mol. The molecule has 0 atom stereocenters. The summed E-state index contributed by atoms with van der Waals surface area (Å²) in [5, 5.41) is 9.27. The second kappa shape index (κ2) is 8.17. The molecule has 4 nitrogen and oxygen atoms in total. The third-order valence-electron chi connectivity index (χ3n) is 3.45. The van der Waals surface area contributed by atoms with Crippen molar-refractivity contribution >= 4 is 23.0 Å². The van der Waals surface area contributed by atoms with Crippen LogP contribution in [0.25, 0.3) is 0 Å². The highest BCUT2D eigenvalue weighted by molar-refractivity contribution is 5.94. The molecular weight excluding hydrogens is 293 g/mol. The molecule has 0 heterocycles. The second-order valence-electron chi connectivity index (χ2n) is 5.29. The molecule has 0 aliphatic rings. The van der Waals surface area contributed by atoms with E-state index in [1.165, 1.54) is 12.1 Å². The summed E-state index contributed by atoms with van der Waals surface area (Å²) in [4.78, 5) is 11.7. The van der Waals surface area contributed by atoms with Crippen LogP contribution in [0, 0.1) is 5.82 Å². The van der Waals surface area contributed by atoms with Crippen LogP contribution in [-0.4, -0.2) is 13.0 Å². The van der Waals surface area contributed by atoms with Crippen LogP contribution in [0.15, 0.2) is 42.5 Å². The fraction of sp³-hybridized carbons (Fsp3) is 0.278. The van der Waals surface area contributed by atoms with E-state index in [0.717, 1.165) is 29.0 Å². The van der Waals surface area contributed by atoms with Crippen molar-refractivity contribution in [2.24, 2.45) is 0 Å². The van der Waals surface area contributed by atoms with Gasteiger partial charge in [-0.3, -0.25) is 4.79 Å². The Hall–Kier alpha value is -2.56. The summed E-state index contributed by atoms with van der Waals surface area (Å²) in [7, 11) is 1.81. The second-order valence-corrected chi connectivity index (χ2v) is 5.29. The third-order valence-corrected chi connectivity index (χ3v) is 3.45. The van der Waals surface area contributed by atoms with Gasteiger partial charge in [-0.2, -0.15) is 0 Å². The maximum atomic E-state index is 12.9. The van der Waals surface area contributed by atoms with E-state index in [0.29, 0.717) is 13.0 Å². The SMILES string of the molecule is CCCC(=O)Nc1ccc(NCc2ccc(F)cc2)cc1NC. The number of hydrogen-bond acceptors (Lipinski definition) is 3. The molecule has 2 rings (SSSR count). The number of hydrogen-bond donors (Lipinski definition) is 3. The van der Waals surface area contributed by atoms with E-state index < -0.39 is 0 Å². The highest BCUT2D eigenvalue weighted by Crippen LogP contribution is 2.26. The van der Waals surface area contributed by atoms with Crippen molar-refractivity contribution in [3.8, 4) is 0 Å². The molecule has 2 aromatic carbocycles. The number of halogens is 1. The van der Waals surface area contributed by atoms with Gasteiger partial charge in [-0.05, 0) is 42.3 Å². The minimum absolute atomic E-state index is 0.0102. The molecule has 0 unspecified atom stereocenters. The number of anilines is 3.